The lowest BCUT2D eigenvalue weighted by Gasteiger charge is -2.33. The summed E-state index contributed by atoms with van der Waals surface area (Å²) < 4.78 is 4.63. The van der Waals surface area contributed by atoms with Crippen LogP contribution >= 0.6 is 0 Å². The highest BCUT2D eigenvalue weighted by molar-refractivity contribution is 5.71. The van der Waals surface area contributed by atoms with E-state index in [-0.39, 0.29) is 11.2 Å². The third-order valence-corrected chi connectivity index (χ3v) is 5.90. The van der Waals surface area contributed by atoms with Gasteiger partial charge in [-0.1, -0.05) is 36.8 Å². The van der Waals surface area contributed by atoms with Crippen LogP contribution in [0.4, 0.5) is 0 Å². The molecule has 0 saturated carbocycles. The Balaban J connectivity index is 1.88. The number of hydrogen-bond donors (Lipinski definition) is 0. The number of aryl methyl sites for hydroxylation is 1. The second-order valence-corrected chi connectivity index (χ2v) is 7.79. The van der Waals surface area contributed by atoms with Crippen LogP contribution in [0.3, 0.4) is 0 Å². The van der Waals surface area contributed by atoms with Crippen molar-refractivity contribution in [2.24, 2.45) is 14.1 Å². The quantitative estimate of drug-likeness (QED) is 0.692. The molecule has 148 valence electrons. The van der Waals surface area contributed by atoms with E-state index in [9.17, 15) is 9.59 Å². The van der Waals surface area contributed by atoms with Crippen LogP contribution < -0.4 is 11.2 Å². The van der Waals surface area contributed by atoms with E-state index in [4.69, 9.17) is 4.98 Å². The number of aromatic nitrogens is 4. The first-order valence-corrected chi connectivity index (χ1v) is 9.90. The van der Waals surface area contributed by atoms with Crippen molar-refractivity contribution in [2.75, 3.05) is 6.54 Å². The van der Waals surface area contributed by atoms with Crippen molar-refractivity contribution < 1.29 is 0 Å². The van der Waals surface area contributed by atoms with Gasteiger partial charge < -0.3 is 4.57 Å². The molecule has 7 heteroatoms. The number of piperidine rings is 1. The Labute approximate surface area is 163 Å². The van der Waals surface area contributed by atoms with E-state index in [1.807, 2.05) is 34.9 Å². The molecule has 0 amide bonds. The fourth-order valence-electron chi connectivity index (χ4n) is 4.12. The molecule has 28 heavy (non-hydrogen) atoms. The molecular formula is C21H27N5O2. The molecule has 3 aromatic rings. The van der Waals surface area contributed by atoms with Crippen molar-refractivity contribution in [2.45, 2.75) is 45.3 Å². The van der Waals surface area contributed by atoms with Crippen molar-refractivity contribution in [1.29, 1.82) is 0 Å². The Bertz CT molecular complexity index is 1110. The van der Waals surface area contributed by atoms with Gasteiger partial charge in [0.15, 0.2) is 11.2 Å². The first-order chi connectivity index (χ1) is 13.5. The van der Waals surface area contributed by atoms with Crippen LogP contribution in [0.5, 0.6) is 0 Å². The summed E-state index contributed by atoms with van der Waals surface area (Å²) in [6.45, 7) is 4.52. The molecule has 1 atom stereocenters. The van der Waals surface area contributed by atoms with Gasteiger partial charge in [-0.3, -0.25) is 18.8 Å². The molecule has 1 aromatic carbocycles. The lowest BCUT2D eigenvalue weighted by molar-refractivity contribution is 0.147. The largest absolute Gasteiger partial charge is 0.332 e. The van der Waals surface area contributed by atoms with E-state index < -0.39 is 0 Å². The number of hydrogen-bond acceptors (Lipinski definition) is 4. The van der Waals surface area contributed by atoms with Gasteiger partial charge in [0.2, 0.25) is 0 Å². The van der Waals surface area contributed by atoms with Gasteiger partial charge in [-0.25, -0.2) is 9.78 Å². The Kier molecular flexibility index (Phi) is 4.93. The molecule has 7 nitrogen and oxygen atoms in total. The monoisotopic (exact) mass is 381 g/mol. The van der Waals surface area contributed by atoms with E-state index in [1.165, 1.54) is 35.4 Å². The highest BCUT2D eigenvalue weighted by Gasteiger charge is 2.24. The SMILES string of the molecule is C[C@@H]1CCCCN1Cc1nc2c(c(=O)n(C)c(=O)n2C)n1Cc1ccccc1. The highest BCUT2D eigenvalue weighted by atomic mass is 16.2. The van der Waals surface area contributed by atoms with Gasteiger partial charge in [0.1, 0.15) is 5.82 Å². The molecule has 1 aliphatic rings. The van der Waals surface area contributed by atoms with Crippen molar-refractivity contribution in [1.82, 2.24) is 23.6 Å². The molecule has 4 rings (SSSR count). The van der Waals surface area contributed by atoms with Crippen LogP contribution in [0.25, 0.3) is 11.2 Å². The summed E-state index contributed by atoms with van der Waals surface area (Å²) in [5.74, 6) is 0.839. The topological polar surface area (TPSA) is 65.1 Å². The van der Waals surface area contributed by atoms with Crippen LogP contribution in [0.1, 0.15) is 37.6 Å². The smallest absolute Gasteiger partial charge is 0.317 e. The first kappa shape index (κ1) is 18.7. The number of imidazole rings is 1. The summed E-state index contributed by atoms with van der Waals surface area (Å²) in [5.41, 5.74) is 1.42. The average Bonchev–Trinajstić information content (AvgIpc) is 3.05. The molecule has 0 bridgehead atoms. The summed E-state index contributed by atoms with van der Waals surface area (Å²) in [6, 6.07) is 10.6. The average molecular weight is 381 g/mol. The molecule has 0 radical (unpaired) electrons. The second-order valence-electron chi connectivity index (χ2n) is 7.79. The predicted octanol–water partition coefficient (Wildman–Crippen LogP) is 1.86. The molecule has 1 fully saturated rings. The second kappa shape index (κ2) is 7.39. The molecule has 0 spiro atoms. The standard InChI is InChI=1S/C21H27N5O2/c1-15-9-7-8-12-25(15)14-17-22-19-18(20(27)24(3)21(28)23(19)2)26(17)13-16-10-5-4-6-11-16/h4-6,10-11,15H,7-9,12-14H2,1-3H3/t15-/m1/s1. The van der Waals surface area contributed by atoms with Gasteiger partial charge in [0.05, 0.1) is 6.54 Å². The van der Waals surface area contributed by atoms with Crippen molar-refractivity contribution in [3.63, 3.8) is 0 Å². The van der Waals surface area contributed by atoms with Gasteiger partial charge in [-0.2, -0.15) is 0 Å². The molecule has 2 aromatic heterocycles. The summed E-state index contributed by atoms with van der Waals surface area (Å²) in [4.78, 5) is 32.5. The first-order valence-electron chi connectivity index (χ1n) is 9.90. The Morgan fingerprint density at radius 2 is 1.79 bits per heavy atom. The number of rotatable bonds is 4. The maximum absolute atomic E-state index is 13.0. The number of benzene rings is 1. The molecule has 1 saturated heterocycles. The predicted molar refractivity (Wildman–Crippen MR) is 109 cm³/mol. The van der Waals surface area contributed by atoms with Crippen molar-refractivity contribution in [3.05, 3.63) is 62.6 Å². The lowest BCUT2D eigenvalue weighted by Crippen LogP contribution is -2.38. The normalized spacial score (nSPS) is 18.0. The number of nitrogens with zero attached hydrogens (tertiary/aromatic N) is 5. The van der Waals surface area contributed by atoms with Gasteiger partial charge >= 0.3 is 5.69 Å². The third-order valence-electron chi connectivity index (χ3n) is 5.90. The summed E-state index contributed by atoms with van der Waals surface area (Å²) >= 11 is 0. The minimum Gasteiger partial charge on any atom is -0.317 e. The van der Waals surface area contributed by atoms with E-state index in [0.717, 1.165) is 17.9 Å². The fraction of sp³-hybridized carbons (Fsp3) is 0.476. The summed E-state index contributed by atoms with van der Waals surface area (Å²) in [7, 11) is 3.20. The molecule has 0 N–H and O–H groups in total. The zero-order chi connectivity index (χ0) is 19.8. The lowest BCUT2D eigenvalue weighted by atomic mass is 10.0. The molecule has 0 unspecified atom stereocenters. The van der Waals surface area contributed by atoms with Crippen molar-refractivity contribution >= 4 is 11.2 Å². The van der Waals surface area contributed by atoms with E-state index >= 15 is 0 Å². The minimum absolute atomic E-state index is 0.292. The van der Waals surface area contributed by atoms with Gasteiger partial charge in [0.25, 0.3) is 5.56 Å². The zero-order valence-corrected chi connectivity index (χ0v) is 16.8. The molecular weight excluding hydrogens is 354 g/mol. The highest BCUT2D eigenvalue weighted by Crippen LogP contribution is 2.21. The maximum atomic E-state index is 13.0. The van der Waals surface area contributed by atoms with Crippen LogP contribution in [-0.2, 0) is 27.2 Å². The third kappa shape index (κ3) is 3.20. The van der Waals surface area contributed by atoms with Gasteiger partial charge in [0, 0.05) is 26.7 Å². The number of likely N-dealkylation sites (tertiary alicyclic amines) is 1. The van der Waals surface area contributed by atoms with Crippen LogP contribution in [0.15, 0.2) is 39.9 Å². The fourth-order valence-corrected chi connectivity index (χ4v) is 4.12. The summed E-state index contributed by atoms with van der Waals surface area (Å²) in [6.07, 6.45) is 3.62. The Morgan fingerprint density at radius 1 is 1.04 bits per heavy atom. The van der Waals surface area contributed by atoms with Crippen LogP contribution in [-0.4, -0.2) is 36.2 Å². The maximum Gasteiger partial charge on any atom is 0.332 e. The van der Waals surface area contributed by atoms with Crippen LogP contribution in [0.2, 0.25) is 0 Å². The number of fused-ring (bicyclic) bond motifs is 1. The van der Waals surface area contributed by atoms with Crippen molar-refractivity contribution in [3.8, 4) is 0 Å². The Hall–Kier alpha value is -2.67. The molecule has 0 aliphatic carbocycles. The van der Waals surface area contributed by atoms with E-state index in [0.29, 0.717) is 30.3 Å². The molecule has 3 heterocycles. The minimum atomic E-state index is -0.347. The van der Waals surface area contributed by atoms with Gasteiger partial charge in [-0.05, 0) is 31.9 Å². The van der Waals surface area contributed by atoms with E-state index in [2.05, 4.69) is 11.8 Å². The van der Waals surface area contributed by atoms with Crippen LogP contribution in [0, 0.1) is 0 Å². The van der Waals surface area contributed by atoms with Gasteiger partial charge in [-0.15, -0.1) is 0 Å². The Morgan fingerprint density at radius 3 is 2.50 bits per heavy atom. The molecule has 1 aliphatic heterocycles. The van der Waals surface area contributed by atoms with E-state index in [1.54, 1.807) is 7.05 Å². The summed E-state index contributed by atoms with van der Waals surface area (Å²) in [5, 5.41) is 0. The zero-order valence-electron chi connectivity index (χ0n) is 16.8.